The maximum absolute atomic E-state index is 14.4. The van der Waals surface area contributed by atoms with Crippen LogP contribution in [-0.4, -0.2) is 120 Å². The third kappa shape index (κ3) is 11.0. The van der Waals surface area contributed by atoms with Gasteiger partial charge in [0.25, 0.3) is 11.8 Å². The maximum Gasteiger partial charge on any atom is 0.254 e. The number of pyridine rings is 2. The van der Waals surface area contributed by atoms with E-state index in [-0.39, 0.29) is 17.9 Å². The molecule has 2 amide bonds. The third-order valence-corrected chi connectivity index (χ3v) is 15.9. The van der Waals surface area contributed by atoms with Crippen LogP contribution in [0.25, 0.3) is 21.5 Å². The highest BCUT2D eigenvalue weighted by Gasteiger charge is 2.42. The van der Waals surface area contributed by atoms with E-state index in [2.05, 4.69) is 50.8 Å². The maximum atomic E-state index is 14.4. The van der Waals surface area contributed by atoms with Gasteiger partial charge in [-0.2, -0.15) is 0 Å². The molecule has 15 nitrogen and oxygen atoms in total. The molecule has 6 aromatic rings. The van der Waals surface area contributed by atoms with Crippen LogP contribution in [0.1, 0.15) is 98.3 Å². The number of hydrogen-bond acceptors (Lipinski definition) is 13. The Morgan fingerprint density at radius 1 is 0.653 bits per heavy atom. The summed E-state index contributed by atoms with van der Waals surface area (Å²) in [7, 11) is 3.16. The molecule has 1 aliphatic carbocycles. The van der Waals surface area contributed by atoms with Crippen molar-refractivity contribution in [3.63, 3.8) is 0 Å². The van der Waals surface area contributed by atoms with Gasteiger partial charge < -0.3 is 48.9 Å². The summed E-state index contributed by atoms with van der Waals surface area (Å²) >= 11 is 0. The second-order valence-electron chi connectivity index (χ2n) is 22.1. The minimum Gasteiger partial charge on any atom is -0.493 e. The number of aromatic nitrogens is 2. The number of carbonyl (C=O) groups is 2. The van der Waals surface area contributed by atoms with E-state index >= 15 is 0 Å². The van der Waals surface area contributed by atoms with Gasteiger partial charge in [-0.05, 0) is 130 Å². The predicted octanol–water partition coefficient (Wildman–Crippen LogP) is 9.25. The molecule has 6 aliphatic rings. The van der Waals surface area contributed by atoms with Gasteiger partial charge in [0, 0.05) is 93.7 Å². The molecular weight excluding hydrogens is 947 g/mol. The number of hydrogen-bond donors (Lipinski definition) is 2. The fourth-order valence-electron chi connectivity index (χ4n) is 12.3. The van der Waals surface area contributed by atoms with Crippen LogP contribution in [0.5, 0.6) is 34.5 Å². The lowest BCUT2D eigenvalue weighted by Crippen LogP contribution is -2.48. The zero-order chi connectivity index (χ0) is 51.8. The molecule has 5 aliphatic heterocycles. The van der Waals surface area contributed by atoms with Gasteiger partial charge in [0.1, 0.15) is 0 Å². The number of ether oxygens (including phenoxy) is 6. The van der Waals surface area contributed by atoms with E-state index < -0.39 is 11.6 Å². The summed E-state index contributed by atoms with van der Waals surface area (Å²) in [6.07, 6.45) is 10.9. The van der Waals surface area contributed by atoms with Gasteiger partial charge in [0.05, 0.1) is 38.7 Å². The second kappa shape index (κ2) is 21.2. The van der Waals surface area contributed by atoms with Crippen LogP contribution in [0, 0.1) is 17.8 Å². The molecule has 3 saturated heterocycles. The Labute approximate surface area is 440 Å². The van der Waals surface area contributed by atoms with Gasteiger partial charge in [-0.15, -0.1) is 0 Å². The largest absolute Gasteiger partial charge is 0.493 e. The van der Waals surface area contributed by atoms with Gasteiger partial charge >= 0.3 is 0 Å². The number of methoxy groups -OCH3 is 2. The summed E-state index contributed by atoms with van der Waals surface area (Å²) in [5.74, 6) is 3.70. The number of nitrogens with one attached hydrogen (secondary N) is 2. The van der Waals surface area contributed by atoms with Gasteiger partial charge in [-0.25, -0.2) is 0 Å². The minimum atomic E-state index is -0.815. The number of rotatable bonds is 14. The summed E-state index contributed by atoms with van der Waals surface area (Å²) in [5, 5.41) is 11.6. The van der Waals surface area contributed by atoms with E-state index in [4.69, 9.17) is 33.4 Å². The quantitative estimate of drug-likeness (QED) is 0.107. The highest BCUT2D eigenvalue weighted by atomic mass is 16.7. The Hall–Kier alpha value is -6.68. The lowest BCUT2D eigenvalue weighted by Gasteiger charge is -2.37. The highest BCUT2D eigenvalue weighted by Crippen LogP contribution is 2.48. The molecule has 4 aromatic carbocycles. The average molecular weight is 1020 g/mol. The van der Waals surface area contributed by atoms with Crippen LogP contribution in [0.15, 0.2) is 97.3 Å². The van der Waals surface area contributed by atoms with Crippen molar-refractivity contribution in [2.75, 3.05) is 60.0 Å². The van der Waals surface area contributed by atoms with Crippen LogP contribution in [0.3, 0.4) is 0 Å². The molecule has 15 heteroatoms. The van der Waals surface area contributed by atoms with E-state index in [1.807, 2.05) is 80.2 Å². The van der Waals surface area contributed by atoms with Crippen molar-refractivity contribution in [3.05, 3.63) is 120 Å². The van der Waals surface area contributed by atoms with Gasteiger partial charge in [-0.3, -0.25) is 24.5 Å². The summed E-state index contributed by atoms with van der Waals surface area (Å²) in [6.45, 7) is 15.0. The van der Waals surface area contributed by atoms with E-state index in [0.29, 0.717) is 77.8 Å². The Bertz CT molecular complexity index is 3050. The van der Waals surface area contributed by atoms with Crippen molar-refractivity contribution in [2.24, 2.45) is 17.8 Å². The van der Waals surface area contributed by atoms with Crippen LogP contribution >= 0.6 is 0 Å². The number of nitrogens with zero attached hydrogens (tertiary/aromatic N) is 5. The molecule has 5 atom stereocenters. The lowest BCUT2D eigenvalue weighted by atomic mass is 9.85. The molecule has 1 saturated carbocycles. The van der Waals surface area contributed by atoms with Crippen LogP contribution in [-0.2, 0) is 13.1 Å². The molecule has 1 unspecified atom stereocenters. The van der Waals surface area contributed by atoms with E-state index in [1.165, 1.54) is 19.3 Å². The molecule has 4 fully saturated rings. The Balaban J connectivity index is 0.000000165. The molecule has 2 bridgehead atoms. The number of piperidine rings is 1. The standard InChI is InChI=1S/C34H42N4O4.C26H29N3O4/c1-34(2)41-31-15-26(14-30(40-3)32(31)42-34)33(39)38(19-27-13-22-7-4-5-8-23(22)18-36-27)20-28-9-6-12-37(28)21-29-24-10-11-25(29)17-35-16-24;1-26(2)32-23-13-19(12-22(31-3)24(23)33-26)25(30)29(15-20-9-6-10-27-20)16-21-11-17-7-4-5-8-18(17)14-28-21/h4-5,7-8,13-15,18,24-25,28-29,35H,6,9-12,16-17,19-21H2,1-3H3;4-5,7-8,11-14,20,27H,6,9-10,15-16H2,1-3H3/t24-,25+,28-,29?;20-/m00/s1. The van der Waals surface area contributed by atoms with E-state index in [9.17, 15) is 9.59 Å². The normalized spacial score (nSPS) is 22.7. The molecule has 2 aromatic heterocycles. The molecular formula is C60H71N7O8. The Morgan fingerprint density at radius 2 is 1.17 bits per heavy atom. The molecule has 2 N–H and O–H groups in total. The molecule has 0 spiro atoms. The molecule has 394 valence electrons. The van der Waals surface area contributed by atoms with Crippen LogP contribution in [0.4, 0.5) is 0 Å². The van der Waals surface area contributed by atoms with Crippen molar-refractivity contribution < 1.29 is 38.0 Å². The Morgan fingerprint density at radius 3 is 1.68 bits per heavy atom. The van der Waals surface area contributed by atoms with Crippen molar-refractivity contribution >= 4 is 33.4 Å². The monoisotopic (exact) mass is 1020 g/mol. The average Bonchev–Trinajstić information content (AvgIpc) is 4.25. The SMILES string of the molecule is COc1cc(C(=O)N(Cc2cc3ccccc3cn2)C[C@@H]2CCCN2)cc2c1OC(C)(C)O2.COc1cc(C(=O)N(Cc2cc3ccccc3cn2)C[C@@H]2CCCN2CC2[C@@H]3CC[C@H]2CNC3)cc2c1OC(C)(C)O2. The fourth-order valence-corrected chi connectivity index (χ4v) is 12.3. The number of carbonyl (C=O) groups excluding carboxylic acids is 2. The first-order valence-corrected chi connectivity index (χ1v) is 26.9. The number of fused-ring (bicyclic) bond motifs is 6. The Kier molecular flexibility index (Phi) is 14.2. The molecule has 0 radical (unpaired) electrons. The lowest BCUT2D eigenvalue weighted by molar-refractivity contribution is -0.0445. The first-order valence-electron chi connectivity index (χ1n) is 26.9. The number of likely N-dealkylation sites (tertiary alicyclic amines) is 1. The fraction of sp³-hybridized carbons (Fsp3) is 0.467. The summed E-state index contributed by atoms with van der Waals surface area (Å²) in [6, 6.07) is 28.2. The van der Waals surface area contributed by atoms with Crippen molar-refractivity contribution in [1.29, 1.82) is 0 Å². The zero-order valence-corrected chi connectivity index (χ0v) is 44.2. The smallest absolute Gasteiger partial charge is 0.254 e. The zero-order valence-electron chi connectivity index (χ0n) is 44.2. The van der Waals surface area contributed by atoms with Crippen LogP contribution in [0.2, 0.25) is 0 Å². The predicted molar refractivity (Wildman–Crippen MR) is 288 cm³/mol. The van der Waals surface area contributed by atoms with Crippen molar-refractivity contribution in [3.8, 4) is 34.5 Å². The van der Waals surface area contributed by atoms with E-state index in [1.54, 1.807) is 38.5 Å². The number of benzene rings is 4. The highest BCUT2D eigenvalue weighted by molar-refractivity contribution is 5.97. The molecule has 75 heavy (non-hydrogen) atoms. The van der Waals surface area contributed by atoms with Crippen molar-refractivity contribution in [2.45, 2.75) is 103 Å². The minimum absolute atomic E-state index is 0.0480. The summed E-state index contributed by atoms with van der Waals surface area (Å²) in [5.41, 5.74) is 2.78. The topological polar surface area (TPSA) is 149 Å². The van der Waals surface area contributed by atoms with Gasteiger partial charge in [0.15, 0.2) is 23.0 Å². The van der Waals surface area contributed by atoms with Gasteiger partial charge in [0.2, 0.25) is 23.1 Å². The molecule has 7 heterocycles. The van der Waals surface area contributed by atoms with Crippen molar-refractivity contribution in [1.82, 2.24) is 35.3 Å². The second-order valence-corrected chi connectivity index (χ2v) is 22.1. The van der Waals surface area contributed by atoms with E-state index in [0.717, 1.165) is 103 Å². The summed E-state index contributed by atoms with van der Waals surface area (Å²) < 4.78 is 34.9. The molecule has 12 rings (SSSR count). The first kappa shape index (κ1) is 50.5. The van der Waals surface area contributed by atoms with Gasteiger partial charge in [-0.1, -0.05) is 48.5 Å². The first-order chi connectivity index (χ1) is 36.3. The summed E-state index contributed by atoms with van der Waals surface area (Å²) in [4.78, 5) is 44.0. The third-order valence-electron chi connectivity index (χ3n) is 15.9. The van der Waals surface area contributed by atoms with Crippen LogP contribution < -0.4 is 39.1 Å². The number of amides is 2.